The number of carbonyl (C=O) groups excluding carboxylic acids is 3. The smallest absolute Gasteiger partial charge is 0.325 e. The zero-order valence-electron chi connectivity index (χ0n) is 11.9. The number of esters is 1. The lowest BCUT2D eigenvalue weighted by atomic mass is 9.91. The molecule has 0 aliphatic carbocycles. The number of urea groups is 1. The molecular weight excluding hydrogens is 274 g/mol. The minimum atomic E-state index is -1.20. The molecule has 1 fully saturated rings. The van der Waals surface area contributed by atoms with E-state index in [2.05, 4.69) is 10.1 Å². The zero-order chi connectivity index (χ0) is 15.6. The van der Waals surface area contributed by atoms with Gasteiger partial charge in [0.15, 0.2) is 0 Å². The average molecular weight is 291 g/mol. The first-order valence-corrected chi connectivity index (χ1v) is 6.42. The first kappa shape index (κ1) is 15.0. The molecule has 0 saturated carbocycles. The minimum Gasteiger partial charge on any atom is -0.468 e. The summed E-state index contributed by atoms with van der Waals surface area (Å²) < 4.78 is 4.49. The molecule has 1 aliphatic rings. The summed E-state index contributed by atoms with van der Waals surface area (Å²) in [7, 11) is 1.20. The summed E-state index contributed by atoms with van der Waals surface area (Å²) in [5.74, 6) is -1.14. The number of hydrogen-bond acceptors (Lipinski definition) is 5. The van der Waals surface area contributed by atoms with Gasteiger partial charge in [0, 0.05) is 6.54 Å². The van der Waals surface area contributed by atoms with Gasteiger partial charge in [0.25, 0.3) is 5.91 Å². The SMILES string of the molecule is COC(=O)CN1C(=O)NC(C)(c2ccc(CN)cc2)C1=O. The second kappa shape index (κ2) is 5.53. The summed E-state index contributed by atoms with van der Waals surface area (Å²) in [5, 5.41) is 2.61. The lowest BCUT2D eigenvalue weighted by Crippen LogP contribution is -2.41. The maximum absolute atomic E-state index is 12.5. The van der Waals surface area contributed by atoms with Crippen molar-refractivity contribution in [2.75, 3.05) is 13.7 Å². The fraction of sp³-hybridized carbons (Fsp3) is 0.357. The van der Waals surface area contributed by atoms with Crippen LogP contribution in [0.4, 0.5) is 4.79 Å². The number of amides is 3. The number of nitrogens with two attached hydrogens (primary N) is 1. The molecule has 3 N–H and O–H groups in total. The summed E-state index contributed by atoms with van der Waals surface area (Å²) in [6.45, 7) is 1.59. The molecular formula is C14H17N3O4. The van der Waals surface area contributed by atoms with Gasteiger partial charge in [0.1, 0.15) is 12.1 Å². The Labute approximate surface area is 122 Å². The van der Waals surface area contributed by atoms with Crippen LogP contribution in [0.15, 0.2) is 24.3 Å². The van der Waals surface area contributed by atoms with E-state index in [0.29, 0.717) is 12.1 Å². The Hall–Kier alpha value is -2.41. The fourth-order valence-corrected chi connectivity index (χ4v) is 2.20. The molecule has 0 aromatic heterocycles. The molecule has 1 aromatic rings. The highest BCUT2D eigenvalue weighted by molar-refractivity contribution is 6.08. The lowest BCUT2D eigenvalue weighted by Gasteiger charge is -2.22. The third kappa shape index (κ3) is 2.59. The van der Waals surface area contributed by atoms with Crippen molar-refractivity contribution in [2.24, 2.45) is 5.73 Å². The van der Waals surface area contributed by atoms with Crippen LogP contribution in [0.5, 0.6) is 0 Å². The van der Waals surface area contributed by atoms with Crippen molar-refractivity contribution in [3.63, 3.8) is 0 Å². The van der Waals surface area contributed by atoms with E-state index >= 15 is 0 Å². The molecule has 0 radical (unpaired) electrons. The number of benzene rings is 1. The summed E-state index contributed by atoms with van der Waals surface area (Å²) in [6, 6.07) is 6.45. The van der Waals surface area contributed by atoms with Crippen LogP contribution in [0.3, 0.4) is 0 Å². The van der Waals surface area contributed by atoms with Gasteiger partial charge in [-0.1, -0.05) is 24.3 Å². The van der Waals surface area contributed by atoms with Gasteiger partial charge in [0.05, 0.1) is 7.11 Å². The van der Waals surface area contributed by atoms with Crippen molar-refractivity contribution in [1.29, 1.82) is 0 Å². The quantitative estimate of drug-likeness (QED) is 0.604. The van der Waals surface area contributed by atoms with Crippen molar-refractivity contribution in [3.8, 4) is 0 Å². The predicted octanol–water partition coefficient (Wildman–Crippen LogP) is 0.0853. The highest BCUT2D eigenvalue weighted by Gasteiger charge is 2.49. The van der Waals surface area contributed by atoms with Crippen molar-refractivity contribution in [2.45, 2.75) is 19.0 Å². The summed E-state index contributed by atoms with van der Waals surface area (Å²) in [6.07, 6.45) is 0. The molecule has 7 heteroatoms. The number of ether oxygens (including phenoxy) is 1. The van der Waals surface area contributed by atoms with Crippen LogP contribution < -0.4 is 11.1 Å². The van der Waals surface area contributed by atoms with E-state index < -0.39 is 30.0 Å². The molecule has 0 spiro atoms. The van der Waals surface area contributed by atoms with E-state index in [1.807, 2.05) is 0 Å². The Morgan fingerprint density at radius 3 is 2.48 bits per heavy atom. The molecule has 21 heavy (non-hydrogen) atoms. The molecule has 0 bridgehead atoms. The largest absolute Gasteiger partial charge is 0.468 e. The normalized spacial score (nSPS) is 21.4. The summed E-state index contributed by atoms with van der Waals surface area (Å²) in [4.78, 5) is 36.5. The van der Waals surface area contributed by atoms with Gasteiger partial charge in [-0.2, -0.15) is 0 Å². The van der Waals surface area contributed by atoms with E-state index in [4.69, 9.17) is 5.73 Å². The molecule has 1 atom stereocenters. The van der Waals surface area contributed by atoms with Gasteiger partial charge in [-0.25, -0.2) is 4.79 Å². The van der Waals surface area contributed by atoms with E-state index in [9.17, 15) is 14.4 Å². The van der Waals surface area contributed by atoms with Gasteiger partial charge in [-0.05, 0) is 18.1 Å². The first-order chi connectivity index (χ1) is 9.92. The van der Waals surface area contributed by atoms with E-state index in [-0.39, 0.29) is 0 Å². The van der Waals surface area contributed by atoms with Crippen molar-refractivity contribution >= 4 is 17.9 Å². The Bertz CT molecular complexity index is 584. The van der Waals surface area contributed by atoms with Crippen LogP contribution in [-0.2, 0) is 26.4 Å². The number of nitrogens with one attached hydrogen (secondary N) is 1. The third-order valence-electron chi connectivity index (χ3n) is 3.56. The second-order valence-corrected chi connectivity index (χ2v) is 4.92. The predicted molar refractivity (Wildman–Crippen MR) is 73.9 cm³/mol. The van der Waals surface area contributed by atoms with Crippen LogP contribution in [0.25, 0.3) is 0 Å². The van der Waals surface area contributed by atoms with Crippen LogP contribution in [0, 0.1) is 0 Å². The van der Waals surface area contributed by atoms with Crippen LogP contribution in [0.2, 0.25) is 0 Å². The van der Waals surface area contributed by atoms with E-state index in [1.54, 1.807) is 31.2 Å². The maximum atomic E-state index is 12.5. The Morgan fingerprint density at radius 1 is 1.33 bits per heavy atom. The molecule has 2 rings (SSSR count). The first-order valence-electron chi connectivity index (χ1n) is 6.42. The second-order valence-electron chi connectivity index (χ2n) is 4.92. The Morgan fingerprint density at radius 2 is 1.95 bits per heavy atom. The number of imide groups is 1. The molecule has 112 valence electrons. The summed E-state index contributed by atoms with van der Waals surface area (Å²) >= 11 is 0. The van der Waals surface area contributed by atoms with E-state index in [0.717, 1.165) is 10.5 Å². The van der Waals surface area contributed by atoms with Crippen LogP contribution in [-0.4, -0.2) is 36.5 Å². The van der Waals surface area contributed by atoms with Crippen LogP contribution >= 0.6 is 0 Å². The standard InChI is InChI=1S/C14H17N3O4/c1-14(10-5-3-9(7-15)4-6-10)12(19)17(13(20)16-14)8-11(18)21-2/h3-6H,7-8,15H2,1-2H3,(H,16,20). The average Bonchev–Trinajstić information content (AvgIpc) is 2.71. The molecule has 1 unspecified atom stereocenters. The van der Waals surface area contributed by atoms with Crippen molar-refractivity contribution in [3.05, 3.63) is 35.4 Å². The minimum absolute atomic E-state index is 0.395. The number of carbonyl (C=O) groups is 3. The topological polar surface area (TPSA) is 102 Å². The van der Waals surface area contributed by atoms with Crippen molar-refractivity contribution < 1.29 is 19.1 Å². The number of rotatable bonds is 4. The van der Waals surface area contributed by atoms with E-state index in [1.165, 1.54) is 7.11 Å². The highest BCUT2D eigenvalue weighted by atomic mass is 16.5. The molecule has 3 amide bonds. The van der Waals surface area contributed by atoms with Crippen LogP contribution in [0.1, 0.15) is 18.1 Å². The highest BCUT2D eigenvalue weighted by Crippen LogP contribution is 2.28. The summed E-state index contributed by atoms with van der Waals surface area (Å²) in [5.41, 5.74) is 5.89. The maximum Gasteiger partial charge on any atom is 0.325 e. The van der Waals surface area contributed by atoms with Gasteiger partial charge in [0.2, 0.25) is 0 Å². The van der Waals surface area contributed by atoms with Gasteiger partial charge in [-0.3, -0.25) is 14.5 Å². The Balaban J connectivity index is 2.28. The van der Waals surface area contributed by atoms with Gasteiger partial charge >= 0.3 is 12.0 Å². The fourth-order valence-electron chi connectivity index (χ4n) is 2.20. The Kier molecular flexibility index (Phi) is 3.95. The lowest BCUT2D eigenvalue weighted by molar-refractivity contribution is -0.145. The number of methoxy groups -OCH3 is 1. The molecule has 1 aromatic carbocycles. The van der Waals surface area contributed by atoms with Crippen molar-refractivity contribution in [1.82, 2.24) is 10.2 Å². The van der Waals surface area contributed by atoms with Gasteiger partial charge in [-0.15, -0.1) is 0 Å². The third-order valence-corrected chi connectivity index (χ3v) is 3.56. The monoisotopic (exact) mass is 291 g/mol. The molecule has 1 heterocycles. The number of hydrogen-bond donors (Lipinski definition) is 2. The number of nitrogens with zero attached hydrogens (tertiary/aromatic N) is 1. The molecule has 1 saturated heterocycles. The van der Waals surface area contributed by atoms with Gasteiger partial charge < -0.3 is 15.8 Å². The zero-order valence-corrected chi connectivity index (χ0v) is 11.9. The molecule has 1 aliphatic heterocycles. The molecule has 7 nitrogen and oxygen atoms in total.